The van der Waals surface area contributed by atoms with Gasteiger partial charge in [0.15, 0.2) is 0 Å². The minimum Gasteiger partial charge on any atom is -0.302 e. The van der Waals surface area contributed by atoms with E-state index in [-0.39, 0.29) is 0 Å². The van der Waals surface area contributed by atoms with Crippen molar-refractivity contribution in [2.24, 2.45) is 5.92 Å². The van der Waals surface area contributed by atoms with Crippen LogP contribution in [0.25, 0.3) is 0 Å². The lowest BCUT2D eigenvalue weighted by Gasteiger charge is -2.26. The molecule has 1 fully saturated rings. The van der Waals surface area contributed by atoms with Crippen molar-refractivity contribution in [3.05, 3.63) is 0 Å². The number of likely N-dealkylation sites (N-methyl/N-ethyl adjacent to an activating group) is 1. The zero-order valence-electron chi connectivity index (χ0n) is 11.9. The fourth-order valence-corrected chi connectivity index (χ4v) is 3.26. The van der Waals surface area contributed by atoms with E-state index in [2.05, 4.69) is 43.2 Å². The maximum absolute atomic E-state index is 4.31. The Morgan fingerprint density at radius 2 is 2.00 bits per heavy atom. The zero-order chi connectivity index (χ0) is 12.7. The molecule has 0 aromatic rings. The van der Waals surface area contributed by atoms with Crippen LogP contribution in [0, 0.1) is 5.92 Å². The van der Waals surface area contributed by atoms with E-state index in [9.17, 15) is 0 Å². The van der Waals surface area contributed by atoms with Crippen molar-refractivity contribution in [1.82, 2.24) is 9.80 Å². The summed E-state index contributed by atoms with van der Waals surface area (Å²) in [6.07, 6.45) is 3.96. The van der Waals surface area contributed by atoms with Crippen LogP contribution in [0.15, 0.2) is 0 Å². The van der Waals surface area contributed by atoms with E-state index in [4.69, 9.17) is 0 Å². The maximum atomic E-state index is 4.31. The Kier molecular flexibility index (Phi) is 7.56. The highest BCUT2D eigenvalue weighted by atomic mass is 32.1. The Labute approximate surface area is 113 Å². The SMILES string of the molecule is CCN(CC)C1CCN(CCC(C)CCS)C1. The molecule has 0 aromatic heterocycles. The summed E-state index contributed by atoms with van der Waals surface area (Å²) in [5, 5.41) is 0. The largest absolute Gasteiger partial charge is 0.302 e. The van der Waals surface area contributed by atoms with Crippen LogP contribution in [0.1, 0.15) is 40.0 Å². The van der Waals surface area contributed by atoms with E-state index in [1.165, 1.54) is 52.0 Å². The van der Waals surface area contributed by atoms with E-state index in [1.54, 1.807) is 0 Å². The molecule has 1 aliphatic heterocycles. The number of nitrogens with zero attached hydrogens (tertiary/aromatic N) is 2. The molecule has 0 N–H and O–H groups in total. The predicted molar refractivity (Wildman–Crippen MR) is 80.0 cm³/mol. The van der Waals surface area contributed by atoms with E-state index in [0.29, 0.717) is 0 Å². The third-order valence-corrected chi connectivity index (χ3v) is 4.39. The topological polar surface area (TPSA) is 6.48 Å². The highest BCUT2D eigenvalue weighted by Crippen LogP contribution is 2.17. The maximum Gasteiger partial charge on any atom is 0.0235 e. The average Bonchev–Trinajstić information content (AvgIpc) is 2.77. The van der Waals surface area contributed by atoms with Crippen LogP contribution in [-0.4, -0.2) is 54.3 Å². The minimum atomic E-state index is 0.810. The van der Waals surface area contributed by atoms with Gasteiger partial charge in [-0.3, -0.25) is 4.90 Å². The fraction of sp³-hybridized carbons (Fsp3) is 1.00. The summed E-state index contributed by atoms with van der Waals surface area (Å²) < 4.78 is 0. The van der Waals surface area contributed by atoms with Gasteiger partial charge in [-0.2, -0.15) is 12.6 Å². The van der Waals surface area contributed by atoms with Crippen molar-refractivity contribution in [3.8, 4) is 0 Å². The summed E-state index contributed by atoms with van der Waals surface area (Å²) in [4.78, 5) is 5.26. The molecular formula is C14H30N2S. The first kappa shape index (κ1) is 15.3. The lowest BCUT2D eigenvalue weighted by atomic mass is 10.1. The predicted octanol–water partition coefficient (Wildman–Crippen LogP) is 2.75. The van der Waals surface area contributed by atoms with Crippen LogP contribution in [0.3, 0.4) is 0 Å². The molecule has 1 heterocycles. The second-order valence-electron chi connectivity index (χ2n) is 5.37. The molecule has 1 aliphatic rings. The van der Waals surface area contributed by atoms with Gasteiger partial charge in [-0.1, -0.05) is 20.8 Å². The molecule has 0 saturated carbocycles. The summed E-state index contributed by atoms with van der Waals surface area (Å²) in [6.45, 7) is 13.2. The fourth-order valence-electron chi connectivity index (χ4n) is 2.82. The summed E-state index contributed by atoms with van der Waals surface area (Å²) >= 11 is 4.31. The van der Waals surface area contributed by atoms with Crippen LogP contribution < -0.4 is 0 Å². The molecule has 17 heavy (non-hydrogen) atoms. The van der Waals surface area contributed by atoms with E-state index in [1.807, 2.05) is 0 Å². The Morgan fingerprint density at radius 3 is 2.59 bits per heavy atom. The quantitative estimate of drug-likeness (QED) is 0.669. The van der Waals surface area contributed by atoms with E-state index >= 15 is 0 Å². The number of hydrogen-bond donors (Lipinski definition) is 1. The van der Waals surface area contributed by atoms with Crippen LogP contribution in [0.2, 0.25) is 0 Å². The van der Waals surface area contributed by atoms with Gasteiger partial charge in [-0.15, -0.1) is 0 Å². The van der Waals surface area contributed by atoms with Crippen LogP contribution in [0.5, 0.6) is 0 Å². The van der Waals surface area contributed by atoms with Gasteiger partial charge in [0.05, 0.1) is 0 Å². The van der Waals surface area contributed by atoms with Crippen LogP contribution in [-0.2, 0) is 0 Å². The second-order valence-corrected chi connectivity index (χ2v) is 5.82. The average molecular weight is 258 g/mol. The first-order valence-electron chi connectivity index (χ1n) is 7.28. The molecule has 1 saturated heterocycles. The van der Waals surface area contributed by atoms with Crippen molar-refractivity contribution in [2.45, 2.75) is 46.1 Å². The third-order valence-electron chi connectivity index (χ3n) is 4.14. The molecule has 0 radical (unpaired) electrons. The molecule has 2 unspecified atom stereocenters. The highest BCUT2D eigenvalue weighted by molar-refractivity contribution is 7.80. The first-order valence-corrected chi connectivity index (χ1v) is 7.91. The summed E-state index contributed by atoms with van der Waals surface area (Å²) in [6, 6.07) is 0.810. The Hall–Kier alpha value is 0.270. The molecule has 0 spiro atoms. The van der Waals surface area contributed by atoms with Crippen LogP contribution >= 0.6 is 12.6 Å². The number of thiol groups is 1. The van der Waals surface area contributed by atoms with Crippen molar-refractivity contribution >= 4 is 12.6 Å². The number of likely N-dealkylation sites (tertiary alicyclic amines) is 1. The van der Waals surface area contributed by atoms with Crippen molar-refractivity contribution in [2.75, 3.05) is 38.5 Å². The van der Waals surface area contributed by atoms with E-state index < -0.39 is 0 Å². The summed E-state index contributed by atoms with van der Waals surface area (Å²) in [7, 11) is 0. The summed E-state index contributed by atoms with van der Waals surface area (Å²) in [5.41, 5.74) is 0. The third kappa shape index (κ3) is 5.19. The molecule has 2 atom stereocenters. The Morgan fingerprint density at radius 1 is 1.29 bits per heavy atom. The van der Waals surface area contributed by atoms with E-state index in [0.717, 1.165) is 17.7 Å². The lowest BCUT2D eigenvalue weighted by Crippen LogP contribution is -2.37. The van der Waals surface area contributed by atoms with Gasteiger partial charge in [0, 0.05) is 12.6 Å². The minimum absolute atomic E-state index is 0.810. The molecule has 102 valence electrons. The standard InChI is InChI=1S/C14H30N2S/c1-4-16(5-2)14-7-10-15(12-14)9-6-13(3)8-11-17/h13-14,17H,4-12H2,1-3H3. The van der Waals surface area contributed by atoms with Gasteiger partial charge in [0.25, 0.3) is 0 Å². The highest BCUT2D eigenvalue weighted by Gasteiger charge is 2.25. The first-order chi connectivity index (χ1) is 8.21. The monoisotopic (exact) mass is 258 g/mol. The Balaban J connectivity index is 2.21. The second kappa shape index (κ2) is 8.39. The molecule has 2 nitrogen and oxygen atoms in total. The van der Waals surface area contributed by atoms with Crippen molar-refractivity contribution < 1.29 is 0 Å². The van der Waals surface area contributed by atoms with Gasteiger partial charge in [-0.25, -0.2) is 0 Å². The van der Waals surface area contributed by atoms with Crippen molar-refractivity contribution in [1.29, 1.82) is 0 Å². The van der Waals surface area contributed by atoms with Crippen LogP contribution in [0.4, 0.5) is 0 Å². The number of rotatable bonds is 8. The smallest absolute Gasteiger partial charge is 0.0235 e. The molecule has 0 bridgehead atoms. The number of hydrogen-bond acceptors (Lipinski definition) is 3. The van der Waals surface area contributed by atoms with Gasteiger partial charge < -0.3 is 4.90 Å². The molecule has 0 amide bonds. The zero-order valence-corrected chi connectivity index (χ0v) is 12.8. The van der Waals surface area contributed by atoms with Gasteiger partial charge in [0.1, 0.15) is 0 Å². The van der Waals surface area contributed by atoms with Gasteiger partial charge in [0.2, 0.25) is 0 Å². The van der Waals surface area contributed by atoms with Gasteiger partial charge >= 0.3 is 0 Å². The normalized spacial score (nSPS) is 23.5. The molecule has 3 heteroatoms. The molecular weight excluding hydrogens is 228 g/mol. The lowest BCUT2D eigenvalue weighted by molar-refractivity contribution is 0.207. The molecule has 0 aromatic carbocycles. The van der Waals surface area contributed by atoms with Crippen molar-refractivity contribution in [3.63, 3.8) is 0 Å². The molecule has 0 aliphatic carbocycles. The molecule has 1 rings (SSSR count). The Bertz CT molecular complexity index is 195. The van der Waals surface area contributed by atoms with Gasteiger partial charge in [-0.05, 0) is 57.1 Å². The summed E-state index contributed by atoms with van der Waals surface area (Å²) in [5.74, 6) is 1.86.